The summed E-state index contributed by atoms with van der Waals surface area (Å²) in [6.07, 6.45) is 1.74. The van der Waals surface area contributed by atoms with Crippen LogP contribution in [0.2, 0.25) is 0 Å². The van der Waals surface area contributed by atoms with Crippen LogP contribution in [0.15, 0.2) is 24.5 Å². The molecule has 1 fully saturated rings. The molecule has 9 heteroatoms. The van der Waals surface area contributed by atoms with Crippen LogP contribution in [0.4, 0.5) is 19.0 Å². The monoisotopic (exact) mass is 423 g/mol. The second-order valence-corrected chi connectivity index (χ2v) is 8.27. The first-order valence-corrected chi connectivity index (χ1v) is 10.3. The summed E-state index contributed by atoms with van der Waals surface area (Å²) in [5.74, 6) is 0.426. The minimum Gasteiger partial charge on any atom is -0.360 e. The number of aromatic nitrogens is 2. The highest BCUT2D eigenvalue weighted by molar-refractivity contribution is 5.91. The summed E-state index contributed by atoms with van der Waals surface area (Å²) in [6, 6.07) is 3.29. The van der Waals surface area contributed by atoms with E-state index in [0.29, 0.717) is 11.4 Å². The van der Waals surface area contributed by atoms with E-state index in [9.17, 15) is 18.0 Å². The first kappa shape index (κ1) is 22.3. The fourth-order valence-electron chi connectivity index (χ4n) is 3.75. The molecule has 1 saturated carbocycles. The Balaban J connectivity index is 1.71. The summed E-state index contributed by atoms with van der Waals surface area (Å²) < 4.78 is 39.2. The van der Waals surface area contributed by atoms with Gasteiger partial charge < -0.3 is 10.6 Å². The topological polar surface area (TPSA) is 78.9 Å². The molecule has 30 heavy (non-hydrogen) atoms. The van der Waals surface area contributed by atoms with E-state index in [0.717, 1.165) is 50.8 Å². The first-order valence-electron chi connectivity index (χ1n) is 10.3. The second kappa shape index (κ2) is 9.16. The zero-order valence-electron chi connectivity index (χ0n) is 17.3. The minimum atomic E-state index is -4.46. The molecule has 3 N–H and O–H groups in total. The summed E-state index contributed by atoms with van der Waals surface area (Å²) in [4.78, 5) is 20.7. The van der Waals surface area contributed by atoms with Crippen molar-refractivity contribution in [1.82, 2.24) is 20.6 Å². The number of amides is 1. The number of rotatable bonds is 7. The number of carbonyl (C=O) groups is 1. The molecule has 1 aromatic heterocycles. The number of hydrogen-bond donors (Lipinski definition) is 3. The average Bonchev–Trinajstić information content (AvgIpc) is 2.70. The number of halogens is 3. The van der Waals surface area contributed by atoms with E-state index in [-0.39, 0.29) is 23.7 Å². The van der Waals surface area contributed by atoms with Gasteiger partial charge in [-0.25, -0.2) is 9.97 Å². The third kappa shape index (κ3) is 5.59. The zero-order valence-corrected chi connectivity index (χ0v) is 17.3. The smallest absolute Gasteiger partial charge is 0.360 e. The molecule has 1 aromatic carbocycles. The Bertz CT molecular complexity index is 879. The third-order valence-corrected chi connectivity index (χ3v) is 5.31. The molecule has 0 radical (unpaired) electrons. The summed E-state index contributed by atoms with van der Waals surface area (Å²) in [7, 11) is 0. The van der Waals surface area contributed by atoms with Crippen LogP contribution in [0.3, 0.4) is 0 Å². The van der Waals surface area contributed by atoms with Crippen molar-refractivity contribution in [2.24, 2.45) is 5.92 Å². The van der Waals surface area contributed by atoms with Gasteiger partial charge in [0.1, 0.15) is 12.1 Å². The molecule has 3 rings (SSSR count). The van der Waals surface area contributed by atoms with Gasteiger partial charge in [-0.3, -0.25) is 10.1 Å². The van der Waals surface area contributed by atoms with Crippen LogP contribution in [0, 0.1) is 5.92 Å². The van der Waals surface area contributed by atoms with E-state index in [2.05, 4.69) is 39.8 Å². The van der Waals surface area contributed by atoms with Crippen molar-refractivity contribution in [3.8, 4) is 0 Å². The van der Waals surface area contributed by atoms with E-state index in [1.54, 1.807) is 0 Å². The van der Waals surface area contributed by atoms with Gasteiger partial charge in [0.25, 0.3) is 0 Å². The van der Waals surface area contributed by atoms with Crippen LogP contribution in [-0.4, -0.2) is 34.6 Å². The van der Waals surface area contributed by atoms with Crippen molar-refractivity contribution in [2.45, 2.75) is 57.8 Å². The van der Waals surface area contributed by atoms with Crippen molar-refractivity contribution in [1.29, 1.82) is 0 Å². The Labute approximate surface area is 174 Å². The lowest BCUT2D eigenvalue weighted by molar-refractivity contribution is -0.137. The summed E-state index contributed by atoms with van der Waals surface area (Å²) in [6.45, 7) is 4.93. The Morgan fingerprint density at radius 1 is 1.17 bits per heavy atom. The summed E-state index contributed by atoms with van der Waals surface area (Å²) in [5.41, 5.74) is -0.835. The Morgan fingerprint density at radius 3 is 2.57 bits per heavy atom. The third-order valence-electron chi connectivity index (χ3n) is 5.31. The van der Waals surface area contributed by atoms with Gasteiger partial charge in [0.2, 0.25) is 5.91 Å². The molecule has 1 amide bonds. The van der Waals surface area contributed by atoms with Gasteiger partial charge in [-0.1, -0.05) is 20.3 Å². The molecule has 164 valence electrons. The highest BCUT2D eigenvalue weighted by Crippen LogP contribution is 2.32. The van der Waals surface area contributed by atoms with Gasteiger partial charge in [0.05, 0.1) is 23.3 Å². The molecule has 1 heterocycles. The van der Waals surface area contributed by atoms with Gasteiger partial charge in [-0.2, -0.15) is 13.2 Å². The number of fused-ring (bicyclic) bond motifs is 1. The van der Waals surface area contributed by atoms with Gasteiger partial charge >= 0.3 is 6.18 Å². The van der Waals surface area contributed by atoms with Crippen molar-refractivity contribution in [3.05, 3.63) is 30.1 Å². The average molecular weight is 423 g/mol. The van der Waals surface area contributed by atoms with Crippen LogP contribution >= 0.6 is 0 Å². The summed E-state index contributed by atoms with van der Waals surface area (Å²) >= 11 is 0. The van der Waals surface area contributed by atoms with E-state index in [1.165, 1.54) is 12.4 Å². The van der Waals surface area contributed by atoms with Crippen LogP contribution < -0.4 is 16.0 Å². The SMILES string of the molecule is CC(C)CNC1(NC(=O)CNc2ncnc3ccc(C(F)(F)F)cc23)CCCCC1. The van der Waals surface area contributed by atoms with Crippen LogP contribution in [0.5, 0.6) is 0 Å². The van der Waals surface area contributed by atoms with Crippen LogP contribution in [0.1, 0.15) is 51.5 Å². The Hall–Kier alpha value is -2.42. The number of hydrogen-bond acceptors (Lipinski definition) is 5. The molecule has 6 nitrogen and oxygen atoms in total. The molecule has 0 unspecified atom stereocenters. The maximum Gasteiger partial charge on any atom is 0.416 e. The Kier molecular flexibility index (Phi) is 6.80. The molecule has 2 aromatic rings. The number of nitrogens with one attached hydrogen (secondary N) is 3. The lowest BCUT2D eigenvalue weighted by atomic mass is 9.88. The Morgan fingerprint density at radius 2 is 1.90 bits per heavy atom. The molecular formula is C21H28F3N5O. The number of benzene rings is 1. The fraction of sp³-hybridized carbons (Fsp3) is 0.571. The summed E-state index contributed by atoms with van der Waals surface area (Å²) in [5, 5.41) is 9.72. The maximum absolute atomic E-state index is 13.1. The largest absolute Gasteiger partial charge is 0.416 e. The van der Waals surface area contributed by atoms with Crippen molar-refractivity contribution >= 4 is 22.6 Å². The minimum absolute atomic E-state index is 0.0898. The highest BCUT2D eigenvalue weighted by atomic mass is 19.4. The number of anilines is 1. The highest BCUT2D eigenvalue weighted by Gasteiger charge is 2.33. The molecule has 1 aliphatic carbocycles. The lowest BCUT2D eigenvalue weighted by Crippen LogP contribution is -2.61. The van der Waals surface area contributed by atoms with Gasteiger partial charge in [0.15, 0.2) is 0 Å². The van der Waals surface area contributed by atoms with Crippen LogP contribution in [0.25, 0.3) is 10.9 Å². The first-order chi connectivity index (χ1) is 14.2. The van der Waals surface area contributed by atoms with Gasteiger partial charge in [-0.05, 0) is 56.3 Å². The molecule has 0 spiro atoms. The van der Waals surface area contributed by atoms with Crippen molar-refractivity contribution in [3.63, 3.8) is 0 Å². The second-order valence-electron chi connectivity index (χ2n) is 8.27. The van der Waals surface area contributed by atoms with E-state index in [4.69, 9.17) is 0 Å². The van der Waals surface area contributed by atoms with Gasteiger partial charge in [-0.15, -0.1) is 0 Å². The molecule has 1 aliphatic rings. The van der Waals surface area contributed by atoms with E-state index in [1.807, 2.05) is 0 Å². The normalized spacial score (nSPS) is 16.6. The number of nitrogens with zero attached hydrogens (tertiary/aromatic N) is 2. The van der Waals surface area contributed by atoms with Crippen molar-refractivity contribution < 1.29 is 18.0 Å². The number of carbonyl (C=O) groups excluding carboxylic acids is 1. The van der Waals surface area contributed by atoms with E-state index < -0.39 is 17.4 Å². The molecule has 0 atom stereocenters. The fourth-order valence-corrected chi connectivity index (χ4v) is 3.75. The quantitative estimate of drug-likeness (QED) is 0.585. The molecule has 0 aliphatic heterocycles. The van der Waals surface area contributed by atoms with Gasteiger partial charge in [0, 0.05) is 5.39 Å². The van der Waals surface area contributed by atoms with Crippen molar-refractivity contribution in [2.75, 3.05) is 18.4 Å². The molecule has 0 bridgehead atoms. The van der Waals surface area contributed by atoms with Crippen LogP contribution in [-0.2, 0) is 11.0 Å². The standard InChI is InChI=1S/C21H28F3N5O/c1-14(2)11-28-20(8-4-3-5-9-20)29-18(30)12-25-19-16-10-15(21(22,23)24)6-7-17(16)26-13-27-19/h6-7,10,13-14,28H,3-5,8-9,11-12H2,1-2H3,(H,29,30)(H,25,26,27). The number of alkyl halides is 3. The zero-order chi connectivity index (χ0) is 21.8. The molecular weight excluding hydrogens is 395 g/mol. The predicted molar refractivity (Wildman–Crippen MR) is 110 cm³/mol. The lowest BCUT2D eigenvalue weighted by Gasteiger charge is -2.39. The predicted octanol–water partition coefficient (Wildman–Crippen LogP) is 4.08. The molecule has 0 saturated heterocycles. The van der Waals surface area contributed by atoms with E-state index >= 15 is 0 Å². The maximum atomic E-state index is 13.1.